The van der Waals surface area contributed by atoms with Gasteiger partial charge in [0.1, 0.15) is 18.1 Å². The molecular formula is C27H30F5N3O4. The second-order valence-corrected chi connectivity index (χ2v) is 11.0. The van der Waals surface area contributed by atoms with Crippen LogP contribution in [-0.4, -0.2) is 50.7 Å². The van der Waals surface area contributed by atoms with E-state index in [-0.39, 0.29) is 47.6 Å². The van der Waals surface area contributed by atoms with E-state index >= 15 is 0 Å². The van der Waals surface area contributed by atoms with E-state index < -0.39 is 35.6 Å². The fourth-order valence-electron chi connectivity index (χ4n) is 5.88. The molecule has 5 rings (SSSR count). The molecule has 3 N–H and O–H groups in total. The lowest BCUT2D eigenvalue weighted by Crippen LogP contribution is -2.53. The summed E-state index contributed by atoms with van der Waals surface area (Å²) >= 11 is 0. The zero-order valence-corrected chi connectivity index (χ0v) is 21.4. The molecule has 0 radical (unpaired) electrons. The van der Waals surface area contributed by atoms with Crippen LogP contribution in [0.3, 0.4) is 0 Å². The molecule has 1 aromatic heterocycles. The first-order valence-corrected chi connectivity index (χ1v) is 12.7. The molecule has 2 fully saturated rings. The van der Waals surface area contributed by atoms with Gasteiger partial charge in [-0.2, -0.15) is 22.0 Å². The molecule has 1 aliphatic heterocycles. The SMILES string of the molecule is C[C@H]1C[C@@](O)(c2ccc(OC(F)F)cc2)C[C@@H](COc2cc(C(F)(F)F)c3c(c2)ncn3C2CC(C)(O)C2)N1. The maximum absolute atomic E-state index is 14.1. The Kier molecular flexibility index (Phi) is 7.01. The van der Waals surface area contributed by atoms with E-state index in [9.17, 15) is 32.2 Å². The highest BCUT2D eigenvalue weighted by atomic mass is 19.4. The molecule has 7 nitrogen and oxygen atoms in total. The topological polar surface area (TPSA) is 88.8 Å². The largest absolute Gasteiger partial charge is 0.492 e. The van der Waals surface area contributed by atoms with Crippen LogP contribution < -0.4 is 14.8 Å². The third-order valence-corrected chi connectivity index (χ3v) is 7.51. The molecule has 1 saturated heterocycles. The van der Waals surface area contributed by atoms with Crippen LogP contribution in [-0.2, 0) is 11.8 Å². The Morgan fingerprint density at radius 1 is 1.08 bits per heavy atom. The summed E-state index contributed by atoms with van der Waals surface area (Å²) in [5.74, 6) is -0.0297. The van der Waals surface area contributed by atoms with Gasteiger partial charge in [0.15, 0.2) is 0 Å². The van der Waals surface area contributed by atoms with E-state index in [1.54, 1.807) is 6.92 Å². The molecule has 0 bridgehead atoms. The van der Waals surface area contributed by atoms with E-state index in [1.165, 1.54) is 41.2 Å². The highest BCUT2D eigenvalue weighted by molar-refractivity contribution is 5.82. The summed E-state index contributed by atoms with van der Waals surface area (Å²) in [5, 5.41) is 24.8. The highest BCUT2D eigenvalue weighted by Crippen LogP contribution is 2.45. The average Bonchev–Trinajstić information content (AvgIpc) is 3.23. The predicted molar refractivity (Wildman–Crippen MR) is 132 cm³/mol. The van der Waals surface area contributed by atoms with Gasteiger partial charge in [0.05, 0.1) is 34.1 Å². The van der Waals surface area contributed by atoms with Crippen molar-refractivity contribution in [3.05, 3.63) is 53.9 Å². The summed E-state index contributed by atoms with van der Waals surface area (Å²) < 4.78 is 78.8. The number of fused-ring (bicyclic) bond motifs is 1. The van der Waals surface area contributed by atoms with Crippen LogP contribution in [0.15, 0.2) is 42.7 Å². The second-order valence-electron chi connectivity index (χ2n) is 11.0. The number of piperidine rings is 1. The van der Waals surface area contributed by atoms with Crippen LogP contribution in [0.25, 0.3) is 11.0 Å². The number of aromatic nitrogens is 2. The predicted octanol–water partition coefficient (Wildman–Crippen LogP) is 5.15. The maximum Gasteiger partial charge on any atom is 0.418 e. The lowest BCUT2D eigenvalue weighted by atomic mass is 9.77. The molecule has 2 aliphatic rings. The summed E-state index contributed by atoms with van der Waals surface area (Å²) in [5.41, 5.74) is -2.47. The summed E-state index contributed by atoms with van der Waals surface area (Å²) in [6.07, 6.45) is -2.08. The molecule has 1 aliphatic carbocycles. The van der Waals surface area contributed by atoms with Gasteiger partial charge in [0.25, 0.3) is 0 Å². The van der Waals surface area contributed by atoms with E-state index in [2.05, 4.69) is 15.0 Å². The van der Waals surface area contributed by atoms with Crippen molar-refractivity contribution >= 4 is 11.0 Å². The van der Waals surface area contributed by atoms with Crippen molar-refractivity contribution in [1.29, 1.82) is 0 Å². The standard InChI is InChI=1S/C27H30F5N3O4/c1-15-9-26(37,16-3-5-19(6-4-16)39-24(28)29)10-17(34-15)13-38-20-7-21(27(30,31)32)23-22(8-20)33-14-35(23)18-11-25(2,36)12-18/h3-8,14-15,17-18,24,34,36-37H,9-13H2,1-2H3/t15-,17-,18?,25?,26-/m0/s1. The quantitative estimate of drug-likeness (QED) is 0.350. The van der Waals surface area contributed by atoms with Crippen LogP contribution >= 0.6 is 0 Å². The van der Waals surface area contributed by atoms with Crippen LogP contribution in [0.5, 0.6) is 11.5 Å². The Morgan fingerprint density at radius 3 is 2.38 bits per heavy atom. The van der Waals surface area contributed by atoms with Crippen LogP contribution in [0.1, 0.15) is 56.7 Å². The number of nitrogens with one attached hydrogen (secondary N) is 1. The summed E-state index contributed by atoms with van der Waals surface area (Å²) in [4.78, 5) is 4.19. The summed E-state index contributed by atoms with van der Waals surface area (Å²) in [6.45, 7) is 0.537. The zero-order chi connectivity index (χ0) is 28.2. The van der Waals surface area contributed by atoms with Gasteiger partial charge in [-0.05, 0) is 63.3 Å². The fourth-order valence-corrected chi connectivity index (χ4v) is 5.88. The molecule has 212 valence electrons. The molecule has 0 unspecified atom stereocenters. The van der Waals surface area contributed by atoms with Crippen molar-refractivity contribution in [3.63, 3.8) is 0 Å². The minimum absolute atomic E-state index is 0.00209. The van der Waals surface area contributed by atoms with Crippen LogP contribution in [0.4, 0.5) is 22.0 Å². The number of alkyl halides is 5. The minimum Gasteiger partial charge on any atom is -0.492 e. The van der Waals surface area contributed by atoms with Crippen molar-refractivity contribution in [2.24, 2.45) is 0 Å². The smallest absolute Gasteiger partial charge is 0.418 e. The molecule has 2 aromatic carbocycles. The average molecular weight is 556 g/mol. The first-order valence-electron chi connectivity index (χ1n) is 12.7. The Labute approximate surface area is 221 Å². The maximum atomic E-state index is 14.1. The number of nitrogens with zero attached hydrogens (tertiary/aromatic N) is 2. The van der Waals surface area contributed by atoms with Crippen molar-refractivity contribution in [2.75, 3.05) is 6.61 Å². The number of hydrogen-bond acceptors (Lipinski definition) is 6. The Balaban J connectivity index is 1.34. The molecular weight excluding hydrogens is 525 g/mol. The van der Waals surface area contributed by atoms with Gasteiger partial charge in [-0.25, -0.2) is 4.98 Å². The second kappa shape index (κ2) is 9.90. The monoisotopic (exact) mass is 555 g/mol. The van der Waals surface area contributed by atoms with Gasteiger partial charge in [0, 0.05) is 24.2 Å². The number of halogens is 5. The van der Waals surface area contributed by atoms with Gasteiger partial charge in [-0.15, -0.1) is 0 Å². The van der Waals surface area contributed by atoms with Crippen molar-refractivity contribution in [3.8, 4) is 11.5 Å². The third-order valence-electron chi connectivity index (χ3n) is 7.51. The number of imidazole rings is 1. The van der Waals surface area contributed by atoms with Gasteiger partial charge >= 0.3 is 12.8 Å². The molecule has 0 amide bonds. The van der Waals surface area contributed by atoms with Crippen molar-refractivity contribution in [1.82, 2.24) is 14.9 Å². The summed E-state index contributed by atoms with van der Waals surface area (Å²) in [6, 6.07) is 7.33. The van der Waals surface area contributed by atoms with E-state index in [0.29, 0.717) is 24.8 Å². The third kappa shape index (κ3) is 5.82. The lowest BCUT2D eigenvalue weighted by Gasteiger charge is -2.42. The van der Waals surface area contributed by atoms with E-state index in [0.717, 1.165) is 6.07 Å². The first kappa shape index (κ1) is 27.6. The van der Waals surface area contributed by atoms with Gasteiger partial charge < -0.3 is 29.6 Å². The molecule has 0 spiro atoms. The number of ether oxygens (including phenoxy) is 2. The van der Waals surface area contributed by atoms with Gasteiger partial charge in [-0.3, -0.25) is 0 Å². The molecule has 3 atom stereocenters. The Morgan fingerprint density at radius 2 is 1.77 bits per heavy atom. The van der Waals surface area contributed by atoms with E-state index in [4.69, 9.17) is 4.74 Å². The minimum atomic E-state index is -4.65. The van der Waals surface area contributed by atoms with Crippen molar-refractivity contribution < 1.29 is 41.6 Å². The normalized spacial score (nSPS) is 29.4. The molecule has 39 heavy (non-hydrogen) atoms. The Bertz CT molecular complexity index is 1320. The van der Waals surface area contributed by atoms with Crippen LogP contribution in [0, 0.1) is 0 Å². The fraction of sp³-hybridized carbons (Fsp3) is 0.519. The molecule has 2 heterocycles. The number of benzene rings is 2. The van der Waals surface area contributed by atoms with E-state index in [1.807, 2.05) is 6.92 Å². The van der Waals surface area contributed by atoms with Gasteiger partial charge in [-0.1, -0.05) is 12.1 Å². The number of rotatable bonds is 7. The van der Waals surface area contributed by atoms with Gasteiger partial charge in [0.2, 0.25) is 0 Å². The highest BCUT2D eigenvalue weighted by Gasteiger charge is 2.43. The Hall–Kier alpha value is -2.96. The number of hydrogen-bond donors (Lipinski definition) is 3. The molecule has 3 aromatic rings. The molecule has 12 heteroatoms. The zero-order valence-electron chi connectivity index (χ0n) is 21.4. The number of aliphatic hydroxyl groups is 2. The van der Waals surface area contributed by atoms with Crippen LogP contribution in [0.2, 0.25) is 0 Å². The lowest BCUT2D eigenvalue weighted by molar-refractivity contribution is -0.136. The van der Waals surface area contributed by atoms with Crippen molar-refractivity contribution in [2.45, 2.75) is 81.6 Å². The summed E-state index contributed by atoms with van der Waals surface area (Å²) in [7, 11) is 0. The first-order chi connectivity index (χ1) is 18.2. The molecule has 1 saturated carbocycles.